The molecule has 2 aromatic rings. The summed E-state index contributed by atoms with van der Waals surface area (Å²) in [5.41, 5.74) is 0.408. The van der Waals surface area contributed by atoms with Gasteiger partial charge < -0.3 is 10.6 Å². The van der Waals surface area contributed by atoms with Crippen LogP contribution in [-0.4, -0.2) is 43.2 Å². The number of nitrogens with one attached hydrogen (secondary N) is 2. The van der Waals surface area contributed by atoms with Crippen LogP contribution in [0.15, 0.2) is 53.4 Å². The number of fused-ring (bicyclic) bond motifs is 2. The minimum Gasteiger partial charge on any atom is -0.345 e. The van der Waals surface area contributed by atoms with Gasteiger partial charge >= 0.3 is 0 Å². The highest BCUT2D eigenvalue weighted by Gasteiger charge is 2.52. The van der Waals surface area contributed by atoms with E-state index in [-0.39, 0.29) is 29.8 Å². The van der Waals surface area contributed by atoms with Crippen molar-refractivity contribution in [3.05, 3.63) is 59.7 Å². The molecule has 28 heavy (non-hydrogen) atoms. The maximum Gasteiger partial charge on any atom is 0.253 e. The monoisotopic (exact) mass is 399 g/mol. The minimum atomic E-state index is -3.80. The summed E-state index contributed by atoms with van der Waals surface area (Å²) in [5, 5.41) is 5.70. The van der Waals surface area contributed by atoms with E-state index in [1.54, 1.807) is 62.4 Å². The van der Waals surface area contributed by atoms with Gasteiger partial charge in [0.15, 0.2) is 0 Å². The van der Waals surface area contributed by atoms with Crippen molar-refractivity contribution in [2.75, 3.05) is 18.4 Å². The molecule has 0 unspecified atom stereocenters. The highest BCUT2D eigenvalue weighted by Crippen LogP contribution is 2.35. The second-order valence-corrected chi connectivity index (χ2v) is 9.43. The summed E-state index contributed by atoms with van der Waals surface area (Å²) in [4.78, 5) is 25.9. The Hall–Kier alpha value is -2.71. The molecule has 0 radical (unpaired) electrons. The molecule has 0 saturated carbocycles. The van der Waals surface area contributed by atoms with Gasteiger partial charge in [0.25, 0.3) is 5.91 Å². The molecule has 1 fully saturated rings. The molecule has 2 N–H and O–H groups in total. The summed E-state index contributed by atoms with van der Waals surface area (Å²) in [5.74, 6) is -1.35. The van der Waals surface area contributed by atoms with Crippen molar-refractivity contribution in [1.29, 1.82) is 0 Å². The maximum atomic E-state index is 13.2. The number of hydrogen-bond donors (Lipinski definition) is 2. The Bertz CT molecular complexity index is 1080. The summed E-state index contributed by atoms with van der Waals surface area (Å²) in [6.07, 6.45) is 0. The number of nitrogens with zero attached hydrogens (tertiary/aromatic N) is 1. The molecule has 2 aliphatic heterocycles. The van der Waals surface area contributed by atoms with Crippen LogP contribution in [0.5, 0.6) is 0 Å². The van der Waals surface area contributed by atoms with Crippen LogP contribution < -0.4 is 10.6 Å². The predicted molar refractivity (Wildman–Crippen MR) is 104 cm³/mol. The summed E-state index contributed by atoms with van der Waals surface area (Å²) in [6.45, 7) is 3.48. The lowest BCUT2D eigenvalue weighted by molar-refractivity contribution is -0.120. The van der Waals surface area contributed by atoms with Crippen LogP contribution in [0, 0.1) is 12.8 Å². The summed E-state index contributed by atoms with van der Waals surface area (Å²) in [7, 11) is -3.80. The van der Waals surface area contributed by atoms with Crippen molar-refractivity contribution < 1.29 is 18.0 Å². The van der Waals surface area contributed by atoms with Gasteiger partial charge in [0.1, 0.15) is 0 Å². The molecule has 2 aliphatic rings. The van der Waals surface area contributed by atoms with Gasteiger partial charge in [-0.2, -0.15) is 4.31 Å². The first-order valence-corrected chi connectivity index (χ1v) is 10.4. The third kappa shape index (κ3) is 2.89. The Morgan fingerprint density at radius 1 is 1.07 bits per heavy atom. The van der Waals surface area contributed by atoms with Crippen molar-refractivity contribution >= 4 is 27.5 Å². The quantitative estimate of drug-likeness (QED) is 0.804. The number of anilines is 1. The molecule has 0 aromatic heterocycles. The molecule has 8 heteroatoms. The molecular weight excluding hydrogens is 378 g/mol. The molecule has 0 bridgehead atoms. The molecule has 4 rings (SSSR count). The smallest absolute Gasteiger partial charge is 0.253 e. The Labute approximate surface area is 163 Å². The van der Waals surface area contributed by atoms with Crippen molar-refractivity contribution in [2.24, 2.45) is 5.92 Å². The summed E-state index contributed by atoms with van der Waals surface area (Å²) >= 11 is 0. The molecule has 146 valence electrons. The zero-order chi connectivity index (χ0) is 20.1. The topological polar surface area (TPSA) is 95.6 Å². The number of sulfonamides is 1. The van der Waals surface area contributed by atoms with Gasteiger partial charge in [0, 0.05) is 13.1 Å². The standard InChI is InChI=1S/C20H21N3O4S/c1-13-7-3-6-10-17(13)28(26,27)23-11-15-19(25)21-16-9-5-4-8-14(16)18(24)22-20(15,2)12-23/h3-10,15H,11-12H2,1-2H3,(H,21,25)(H,22,24)/t15-,20-/m0/s1. The minimum absolute atomic E-state index is 0.00144. The van der Waals surface area contributed by atoms with E-state index in [2.05, 4.69) is 10.6 Å². The highest BCUT2D eigenvalue weighted by atomic mass is 32.2. The van der Waals surface area contributed by atoms with Crippen LogP contribution in [0.1, 0.15) is 22.8 Å². The van der Waals surface area contributed by atoms with Crippen molar-refractivity contribution in [2.45, 2.75) is 24.3 Å². The number of carbonyl (C=O) groups is 2. The van der Waals surface area contributed by atoms with Gasteiger partial charge in [0.05, 0.1) is 27.6 Å². The molecule has 2 aromatic carbocycles. The molecular formula is C20H21N3O4S. The number of hydrogen-bond acceptors (Lipinski definition) is 4. The van der Waals surface area contributed by atoms with Crippen molar-refractivity contribution in [3.8, 4) is 0 Å². The summed E-state index contributed by atoms with van der Waals surface area (Å²) in [6, 6.07) is 13.5. The lowest BCUT2D eigenvalue weighted by Gasteiger charge is -2.33. The average molecular weight is 399 g/mol. The lowest BCUT2D eigenvalue weighted by atomic mass is 9.86. The van der Waals surface area contributed by atoms with Crippen molar-refractivity contribution in [1.82, 2.24) is 9.62 Å². The fourth-order valence-electron chi connectivity index (χ4n) is 3.95. The average Bonchev–Trinajstić information content (AvgIpc) is 2.99. The van der Waals surface area contributed by atoms with Crippen molar-refractivity contribution in [3.63, 3.8) is 0 Å². The Morgan fingerprint density at radius 2 is 1.75 bits per heavy atom. The Balaban J connectivity index is 1.72. The summed E-state index contributed by atoms with van der Waals surface area (Å²) < 4.78 is 27.7. The van der Waals surface area contributed by atoms with Gasteiger partial charge in [-0.15, -0.1) is 0 Å². The molecule has 0 aliphatic carbocycles. The van der Waals surface area contributed by atoms with E-state index in [0.717, 1.165) is 0 Å². The highest BCUT2D eigenvalue weighted by molar-refractivity contribution is 7.89. The zero-order valence-corrected chi connectivity index (χ0v) is 16.4. The zero-order valence-electron chi connectivity index (χ0n) is 15.6. The fraction of sp³-hybridized carbons (Fsp3) is 0.300. The van der Waals surface area contributed by atoms with E-state index < -0.39 is 21.5 Å². The van der Waals surface area contributed by atoms with Crippen LogP contribution in [0.3, 0.4) is 0 Å². The van der Waals surface area contributed by atoms with E-state index in [0.29, 0.717) is 16.8 Å². The number of aryl methyl sites for hydroxylation is 1. The second kappa shape index (κ2) is 6.42. The van der Waals surface area contributed by atoms with Crippen LogP contribution in [0.2, 0.25) is 0 Å². The Morgan fingerprint density at radius 3 is 2.50 bits per heavy atom. The third-order valence-electron chi connectivity index (χ3n) is 5.52. The molecule has 1 saturated heterocycles. The van der Waals surface area contributed by atoms with E-state index in [4.69, 9.17) is 0 Å². The first-order chi connectivity index (χ1) is 13.2. The van der Waals surface area contributed by atoms with E-state index in [1.807, 2.05) is 0 Å². The van der Waals surface area contributed by atoms with Gasteiger partial charge in [-0.05, 0) is 37.6 Å². The van der Waals surface area contributed by atoms with Crippen LogP contribution in [0.25, 0.3) is 0 Å². The van der Waals surface area contributed by atoms with Crippen LogP contribution in [-0.2, 0) is 14.8 Å². The number of amides is 2. The number of para-hydroxylation sites is 1. The van der Waals surface area contributed by atoms with E-state index in [1.165, 1.54) is 4.31 Å². The predicted octanol–water partition coefficient (Wildman–Crippen LogP) is 1.76. The third-order valence-corrected chi connectivity index (χ3v) is 7.49. The number of rotatable bonds is 2. The first kappa shape index (κ1) is 18.6. The van der Waals surface area contributed by atoms with E-state index in [9.17, 15) is 18.0 Å². The molecule has 7 nitrogen and oxygen atoms in total. The molecule has 0 spiro atoms. The normalized spacial score (nSPS) is 25.1. The van der Waals surface area contributed by atoms with Crippen LogP contribution in [0.4, 0.5) is 5.69 Å². The SMILES string of the molecule is Cc1ccccc1S(=O)(=O)N1C[C@H]2C(=O)Nc3ccccc3C(=O)N[C@@]2(C)C1. The van der Waals surface area contributed by atoms with Gasteiger partial charge in [-0.3, -0.25) is 9.59 Å². The lowest BCUT2D eigenvalue weighted by Crippen LogP contribution is -2.56. The molecule has 2 atom stereocenters. The largest absolute Gasteiger partial charge is 0.345 e. The van der Waals surface area contributed by atoms with Gasteiger partial charge in [-0.1, -0.05) is 30.3 Å². The van der Waals surface area contributed by atoms with E-state index >= 15 is 0 Å². The Kier molecular flexibility index (Phi) is 4.28. The second-order valence-electron chi connectivity index (χ2n) is 7.52. The fourth-order valence-corrected chi connectivity index (χ4v) is 5.74. The molecule has 2 heterocycles. The van der Waals surface area contributed by atoms with Crippen LogP contribution >= 0.6 is 0 Å². The molecule has 2 amide bonds. The van der Waals surface area contributed by atoms with Gasteiger partial charge in [0.2, 0.25) is 15.9 Å². The number of carbonyl (C=O) groups excluding carboxylic acids is 2. The van der Waals surface area contributed by atoms with Gasteiger partial charge in [-0.25, -0.2) is 8.42 Å². The maximum absolute atomic E-state index is 13.2. The first-order valence-electron chi connectivity index (χ1n) is 9.00. The number of benzene rings is 2.